The van der Waals surface area contributed by atoms with Crippen molar-refractivity contribution in [3.8, 4) is 80.0 Å². The summed E-state index contributed by atoms with van der Waals surface area (Å²) in [4.78, 5) is 54.2. The number of esters is 2. The Bertz CT molecular complexity index is 4680. The molecule has 632 valence electrons. The van der Waals surface area contributed by atoms with E-state index in [1.807, 2.05) is 0 Å². The van der Waals surface area contributed by atoms with Crippen LogP contribution in [-0.2, 0) is 20.7 Å². The maximum Gasteiger partial charge on any atom is 0.424 e. The minimum Gasteiger partial charge on any atom is -0.494 e. The van der Waals surface area contributed by atoms with E-state index in [0.717, 1.165) is 24.3 Å². The Labute approximate surface area is 673 Å². The molecule has 4 aliphatic carbocycles. The number of halogens is 13. The number of nitrogens with zero attached hydrogens (tertiary/aromatic N) is 2. The SMILES string of the molecule is COC(=O)c1ccc(OC2CC(F)C2)c(OC)c1.COC(=O)c1ccc(OC2CC(O)C2)c(OC)c1.COc1cc(C(=O)CCC(O)(c2ccc(OC)c(-c3ccc(F)c(Cl)c3)n2)C(F)(F)F)ccc1OC1CC(F)C1.COc1cc(C(=O)O)ccc1OC1CC(F)C1.COc1ccc(C(O)(CN)C(F)(F)F)nc1-c1ccc(F)c(Cl)c1. The number of rotatable bonds is 26. The minimum absolute atomic E-state index is 0.0119. The first-order valence-electron chi connectivity index (χ1n) is 35.6. The smallest absolute Gasteiger partial charge is 0.424 e. The Morgan fingerprint density at radius 1 is 0.427 bits per heavy atom. The molecule has 4 aliphatic rings. The number of carbonyl (C=O) groups excluding carboxylic acids is 3. The molecule has 2 heterocycles. The number of Topliss-reactive ketones (excluding diaryl/α,β-unsaturated/α-hetero) is 1. The van der Waals surface area contributed by atoms with Gasteiger partial charge in [0.15, 0.2) is 51.8 Å². The molecule has 2 aromatic heterocycles. The Morgan fingerprint density at radius 2 is 0.735 bits per heavy atom. The van der Waals surface area contributed by atoms with Crippen molar-refractivity contribution in [2.24, 2.45) is 5.73 Å². The molecule has 23 nitrogen and oxygen atoms in total. The number of aromatic nitrogens is 2. The van der Waals surface area contributed by atoms with Gasteiger partial charge in [-0.2, -0.15) is 26.3 Å². The number of carboxylic acids is 1. The second kappa shape index (κ2) is 40.5. The molecule has 0 saturated heterocycles. The molecule has 12 rings (SSSR count). The number of pyridine rings is 2. The van der Waals surface area contributed by atoms with Crippen molar-refractivity contribution in [3.05, 3.63) is 189 Å². The summed E-state index contributed by atoms with van der Waals surface area (Å²) in [5.74, 6) is -0.550. The maximum atomic E-state index is 14.3. The number of nitrogens with two attached hydrogens (primary N) is 1. The number of aromatic carboxylic acids is 1. The van der Waals surface area contributed by atoms with Crippen LogP contribution in [-0.4, -0.2) is 179 Å². The third-order valence-corrected chi connectivity index (χ3v) is 19.3. The molecule has 2 atom stereocenters. The third-order valence-electron chi connectivity index (χ3n) is 18.8. The Morgan fingerprint density at radius 3 is 1.03 bits per heavy atom. The number of alkyl halides is 9. The van der Waals surface area contributed by atoms with Crippen molar-refractivity contribution in [1.82, 2.24) is 9.97 Å². The van der Waals surface area contributed by atoms with Gasteiger partial charge < -0.3 is 83.0 Å². The van der Waals surface area contributed by atoms with Crippen molar-refractivity contribution in [3.63, 3.8) is 0 Å². The summed E-state index contributed by atoms with van der Waals surface area (Å²) >= 11 is 11.5. The first kappa shape index (κ1) is 91.9. The van der Waals surface area contributed by atoms with E-state index in [0.29, 0.717) is 84.1 Å². The van der Waals surface area contributed by atoms with E-state index in [1.54, 1.807) is 36.4 Å². The molecule has 117 heavy (non-hydrogen) atoms. The molecular weight excluding hydrogens is 1610 g/mol. The van der Waals surface area contributed by atoms with Gasteiger partial charge in [0, 0.05) is 81.0 Å². The highest BCUT2D eigenvalue weighted by atomic mass is 35.5. The van der Waals surface area contributed by atoms with E-state index in [4.69, 9.17) is 81.4 Å². The van der Waals surface area contributed by atoms with Gasteiger partial charge in [-0.3, -0.25) is 4.79 Å². The predicted octanol–water partition coefficient (Wildman–Crippen LogP) is 16.1. The fraction of sp³-hybridized carbons (Fsp3) is 0.383. The molecule has 6 aromatic carbocycles. The van der Waals surface area contributed by atoms with Crippen molar-refractivity contribution >= 4 is 46.9 Å². The highest BCUT2D eigenvalue weighted by molar-refractivity contribution is 6.31. The Kier molecular flexibility index (Phi) is 31.8. The molecule has 0 radical (unpaired) electrons. The van der Waals surface area contributed by atoms with E-state index in [1.165, 1.54) is 130 Å². The molecule has 0 aliphatic heterocycles. The van der Waals surface area contributed by atoms with Crippen LogP contribution < -0.4 is 53.1 Å². The topological polar surface area (TPSA) is 312 Å². The van der Waals surface area contributed by atoms with Gasteiger partial charge in [0.25, 0.3) is 0 Å². The zero-order valence-electron chi connectivity index (χ0n) is 63.8. The molecule has 0 spiro atoms. The van der Waals surface area contributed by atoms with Crippen molar-refractivity contribution in [1.29, 1.82) is 0 Å². The van der Waals surface area contributed by atoms with E-state index in [9.17, 15) is 82.8 Å². The van der Waals surface area contributed by atoms with Crippen LogP contribution >= 0.6 is 23.2 Å². The lowest BCUT2D eigenvalue weighted by atomic mass is 9.89. The van der Waals surface area contributed by atoms with Crippen LogP contribution in [0.2, 0.25) is 10.0 Å². The Hall–Kier alpha value is -10.7. The van der Waals surface area contributed by atoms with Crippen LogP contribution in [0.4, 0.5) is 48.3 Å². The van der Waals surface area contributed by atoms with Gasteiger partial charge in [-0.25, -0.2) is 46.3 Å². The second-order valence-corrected chi connectivity index (χ2v) is 27.5. The summed E-state index contributed by atoms with van der Waals surface area (Å²) in [7, 11) is 11.0. The Balaban J connectivity index is 0.000000192. The lowest BCUT2D eigenvalue weighted by Crippen LogP contribution is -2.48. The summed E-state index contributed by atoms with van der Waals surface area (Å²) in [6.07, 6.45) is -12.0. The number of hydrogen-bond acceptors (Lipinski definition) is 22. The van der Waals surface area contributed by atoms with Crippen molar-refractivity contribution < 1.29 is 145 Å². The number of methoxy groups -OCH3 is 8. The van der Waals surface area contributed by atoms with Gasteiger partial charge in [-0.05, 0) is 140 Å². The number of carboxylic acid groups (broad SMARTS) is 1. The zero-order chi connectivity index (χ0) is 86.0. The van der Waals surface area contributed by atoms with E-state index in [2.05, 4.69) is 19.4 Å². The quantitative estimate of drug-likeness (QED) is 0.0191. The second-order valence-electron chi connectivity index (χ2n) is 26.6. The summed E-state index contributed by atoms with van der Waals surface area (Å²) in [5.41, 5.74) is -1.99. The number of aliphatic hydroxyl groups is 3. The molecule has 0 bridgehead atoms. The lowest BCUT2D eigenvalue weighted by Gasteiger charge is -2.32. The van der Waals surface area contributed by atoms with E-state index in [-0.39, 0.29) is 110 Å². The molecular formula is C81H82Cl2F11N3O20. The first-order valence-corrected chi connectivity index (χ1v) is 36.3. The van der Waals surface area contributed by atoms with Gasteiger partial charge in [-0.15, -0.1) is 0 Å². The summed E-state index contributed by atoms with van der Waals surface area (Å²) in [6.45, 7) is -1.11. The van der Waals surface area contributed by atoms with Crippen LogP contribution in [0.25, 0.3) is 22.5 Å². The standard InChI is InChI=1S/C28H25ClF5NO5.C15H13ClF4N2O2.C13H15FO4.C13H16O5.C12H13FO4/c1-38-23-7-8-25(35-26(23)16-3-5-20(31)19(29)11-16)27(37,28(32,33)34)10-9-21(36)15-4-6-22(24(12-15)39-2)40-18-13-17(30)14-18;1-24-11-4-5-12(14(23,7-21)15(18,19)20)22-13(11)8-2-3-10(17)9(16)6-8;2*1-16-12-5-8(13(15)17-2)3-4-11(12)18-10-6-9(14)7-10;1-16-11-4-7(12(14)15)2-3-10(11)17-9-5-8(13)6-9/h3-8,11-12,17-18,37H,9-10,13-14H2,1-2H3;2-6,23H,7,21H2,1H3;3-5,9-10H,6-7H2,1-2H3;3-5,9-10,14H,6-7H2,1-2H3;2-4,8-9H,5-6H2,1H3,(H,14,15). The average Bonchev–Trinajstić information content (AvgIpc) is 0.772. The number of carbonyl (C=O) groups is 4. The highest BCUT2D eigenvalue weighted by Gasteiger charge is 2.57. The zero-order valence-corrected chi connectivity index (χ0v) is 65.3. The first-order chi connectivity index (χ1) is 55.4. The summed E-state index contributed by atoms with van der Waals surface area (Å²) < 4.78 is 210. The van der Waals surface area contributed by atoms with Gasteiger partial charge in [0.05, 0.1) is 101 Å². The van der Waals surface area contributed by atoms with Crippen LogP contribution in [0.15, 0.2) is 133 Å². The van der Waals surface area contributed by atoms with Crippen LogP contribution in [0, 0.1) is 11.6 Å². The van der Waals surface area contributed by atoms with Crippen molar-refractivity contribution in [2.75, 3.05) is 63.4 Å². The normalized spacial score (nSPS) is 19.3. The molecule has 2 unspecified atom stereocenters. The molecule has 4 saturated carbocycles. The predicted molar refractivity (Wildman–Crippen MR) is 402 cm³/mol. The number of hydrogen-bond donors (Lipinski definition) is 5. The number of ketones is 1. The van der Waals surface area contributed by atoms with Gasteiger partial charge in [0.2, 0.25) is 11.2 Å². The van der Waals surface area contributed by atoms with Crippen LogP contribution in [0.1, 0.15) is 117 Å². The van der Waals surface area contributed by atoms with Crippen LogP contribution in [0.5, 0.6) is 57.5 Å². The average molecular weight is 1700 g/mol. The molecule has 36 heteroatoms. The largest absolute Gasteiger partial charge is 0.494 e. The van der Waals surface area contributed by atoms with Gasteiger partial charge in [0.1, 0.15) is 77.5 Å². The molecule has 8 aromatic rings. The number of benzene rings is 6. The summed E-state index contributed by atoms with van der Waals surface area (Å²) in [6, 6.07) is 29.4. The maximum absolute atomic E-state index is 14.3. The van der Waals surface area contributed by atoms with Crippen molar-refractivity contribution in [2.45, 2.75) is 137 Å². The summed E-state index contributed by atoms with van der Waals surface area (Å²) in [5, 5.41) is 38.3. The van der Waals surface area contributed by atoms with Gasteiger partial charge in [-0.1, -0.05) is 23.2 Å². The number of aliphatic hydroxyl groups excluding tert-OH is 1. The number of ether oxygens (including phenoxy) is 12. The highest BCUT2D eigenvalue weighted by Crippen LogP contribution is 2.46. The fourth-order valence-corrected chi connectivity index (χ4v) is 12.0. The molecule has 6 N–H and O–H groups in total. The van der Waals surface area contributed by atoms with Gasteiger partial charge >= 0.3 is 30.3 Å². The lowest BCUT2D eigenvalue weighted by molar-refractivity contribution is -0.270. The third kappa shape index (κ3) is 23.2. The molecule has 0 amide bonds. The van der Waals surface area contributed by atoms with Crippen LogP contribution in [0.3, 0.4) is 0 Å². The minimum atomic E-state index is -5.21. The van der Waals surface area contributed by atoms with E-state index < -0.39 is 108 Å². The molecule has 4 fully saturated rings. The van der Waals surface area contributed by atoms with E-state index >= 15 is 0 Å². The monoisotopic (exact) mass is 1700 g/mol. The fourth-order valence-electron chi connectivity index (χ4n) is 11.6.